The Labute approximate surface area is 154 Å². The molecule has 0 unspecified atom stereocenters. The van der Waals surface area contributed by atoms with Crippen molar-refractivity contribution in [3.05, 3.63) is 61.7 Å². The van der Waals surface area contributed by atoms with Crippen LogP contribution in [-0.2, 0) is 12.6 Å². The van der Waals surface area contributed by atoms with Crippen LogP contribution in [0.25, 0.3) is 0 Å². The molecule has 0 radical (unpaired) electrons. The van der Waals surface area contributed by atoms with E-state index >= 15 is 0 Å². The number of benzene rings is 2. The Morgan fingerprint density at radius 2 is 1.44 bits per heavy atom. The summed E-state index contributed by atoms with van der Waals surface area (Å²) in [6.45, 7) is 6.18. The van der Waals surface area contributed by atoms with Crippen LogP contribution in [0.3, 0.4) is 0 Å². The molecule has 0 fully saturated rings. The third-order valence-corrected chi connectivity index (χ3v) is 13.0. The van der Waals surface area contributed by atoms with Gasteiger partial charge in [0.1, 0.15) is 0 Å². The summed E-state index contributed by atoms with van der Waals surface area (Å²) in [6.07, 6.45) is 0. The summed E-state index contributed by atoms with van der Waals surface area (Å²) in [5.41, 5.74) is -5.44. The van der Waals surface area contributed by atoms with Gasteiger partial charge in [-0.3, -0.25) is 0 Å². The summed E-state index contributed by atoms with van der Waals surface area (Å²) in [4.78, 5) is 0. The van der Waals surface area contributed by atoms with Crippen LogP contribution in [0.5, 0.6) is 0 Å². The second-order valence-electron chi connectivity index (χ2n) is 6.24. The van der Waals surface area contributed by atoms with E-state index in [4.69, 9.17) is 2.51 Å². The Morgan fingerprint density at radius 3 is 1.96 bits per heavy atom. The van der Waals surface area contributed by atoms with Crippen molar-refractivity contribution in [2.24, 2.45) is 0 Å². The SMILES string of the molecule is C[Si](C)(C)c1ccccc1I(OS(=O)(=O)C(F)(F)F)c1ccccc1. The molecule has 0 aromatic heterocycles. The van der Waals surface area contributed by atoms with E-state index < -0.39 is 43.9 Å². The van der Waals surface area contributed by atoms with E-state index in [1.807, 2.05) is 12.1 Å². The molecule has 0 saturated heterocycles. The van der Waals surface area contributed by atoms with Crippen molar-refractivity contribution in [1.82, 2.24) is 0 Å². The summed E-state index contributed by atoms with van der Waals surface area (Å²) in [5.74, 6) is 0. The van der Waals surface area contributed by atoms with Crippen LogP contribution in [0.4, 0.5) is 13.2 Å². The molecule has 0 heterocycles. The first-order valence-corrected chi connectivity index (χ1v) is 15.2. The summed E-state index contributed by atoms with van der Waals surface area (Å²) in [7, 11) is -7.58. The van der Waals surface area contributed by atoms with Crippen molar-refractivity contribution in [2.75, 3.05) is 0 Å². The third kappa shape index (κ3) is 4.83. The van der Waals surface area contributed by atoms with E-state index in [0.717, 1.165) is 5.19 Å². The Kier molecular flexibility index (Phi) is 6.02. The van der Waals surface area contributed by atoms with Crippen LogP contribution in [-0.4, -0.2) is 22.0 Å². The van der Waals surface area contributed by atoms with Crippen LogP contribution in [0.1, 0.15) is 0 Å². The maximum atomic E-state index is 12.9. The molecule has 0 aliphatic carbocycles. The molecule has 2 rings (SSSR count). The van der Waals surface area contributed by atoms with Crippen molar-refractivity contribution in [3.8, 4) is 0 Å². The Bertz CT molecular complexity index is 834. The van der Waals surface area contributed by atoms with Crippen molar-refractivity contribution in [2.45, 2.75) is 25.1 Å². The summed E-state index contributed by atoms with van der Waals surface area (Å²) in [5, 5.41) is 0.918. The molecule has 0 aliphatic heterocycles. The van der Waals surface area contributed by atoms with Gasteiger partial charge in [0.15, 0.2) is 0 Å². The summed E-state index contributed by atoms with van der Waals surface area (Å²) < 4.78 is 67.9. The normalized spacial score (nSPS) is 13.6. The summed E-state index contributed by atoms with van der Waals surface area (Å²) in [6, 6.07) is 15.4. The fraction of sp³-hybridized carbons (Fsp3) is 0.250. The molecule has 0 spiro atoms. The number of hydrogen-bond donors (Lipinski definition) is 0. The van der Waals surface area contributed by atoms with E-state index in [1.165, 1.54) is 0 Å². The molecular weight excluding hydrogens is 484 g/mol. The first-order chi connectivity index (χ1) is 11.4. The molecule has 0 aliphatic rings. The number of halogens is 4. The predicted octanol–water partition coefficient (Wildman–Crippen LogP) is 4.56. The fourth-order valence-corrected chi connectivity index (χ4v) is 13.0. The quantitative estimate of drug-likeness (QED) is 0.342. The van der Waals surface area contributed by atoms with Gasteiger partial charge in [-0.05, 0) is 0 Å². The average molecular weight is 502 g/mol. The van der Waals surface area contributed by atoms with E-state index in [9.17, 15) is 21.6 Å². The van der Waals surface area contributed by atoms with Crippen LogP contribution < -0.4 is 5.19 Å². The number of rotatable bonds is 5. The fourth-order valence-electron chi connectivity index (χ4n) is 2.05. The molecule has 0 saturated carbocycles. The zero-order chi connectivity index (χ0) is 18.9. The Morgan fingerprint density at radius 1 is 0.920 bits per heavy atom. The van der Waals surface area contributed by atoms with Crippen molar-refractivity contribution >= 4 is 43.6 Å². The second kappa shape index (κ2) is 7.37. The molecule has 3 nitrogen and oxygen atoms in total. The minimum absolute atomic E-state index is 0.505. The molecule has 138 valence electrons. The molecule has 2 aromatic carbocycles. The minimum atomic E-state index is -5.67. The van der Waals surface area contributed by atoms with Gasteiger partial charge >= 0.3 is 155 Å². The third-order valence-electron chi connectivity index (χ3n) is 3.23. The molecule has 0 amide bonds. The number of alkyl halides is 3. The molecule has 0 bridgehead atoms. The predicted molar refractivity (Wildman–Crippen MR) is 103 cm³/mol. The van der Waals surface area contributed by atoms with Crippen LogP contribution in [0, 0.1) is 7.14 Å². The standard InChI is InChI=1S/C16H18F3IO3SSi/c1-25(2,3)15-12-8-7-11-14(15)20(13-9-5-4-6-10-13)23-24(21,22)16(17,18)19/h4-12H,1-3H3. The molecule has 25 heavy (non-hydrogen) atoms. The summed E-state index contributed by atoms with van der Waals surface area (Å²) >= 11 is -3.31. The van der Waals surface area contributed by atoms with Gasteiger partial charge in [-0.1, -0.05) is 0 Å². The van der Waals surface area contributed by atoms with E-state index in [-0.39, 0.29) is 0 Å². The first kappa shape index (κ1) is 20.4. The zero-order valence-corrected chi connectivity index (χ0v) is 17.8. The van der Waals surface area contributed by atoms with Gasteiger partial charge in [0.2, 0.25) is 0 Å². The van der Waals surface area contributed by atoms with Crippen LogP contribution in [0.15, 0.2) is 54.6 Å². The average Bonchev–Trinajstić information content (AvgIpc) is 2.51. The molecule has 2 aromatic rings. The van der Waals surface area contributed by atoms with Crippen molar-refractivity contribution in [3.63, 3.8) is 0 Å². The molecule has 0 N–H and O–H groups in total. The van der Waals surface area contributed by atoms with Crippen LogP contribution >= 0.6 is 20.2 Å². The van der Waals surface area contributed by atoms with Gasteiger partial charge in [-0.2, -0.15) is 0 Å². The molecule has 9 heteroatoms. The van der Waals surface area contributed by atoms with Gasteiger partial charge in [0.25, 0.3) is 0 Å². The second-order valence-corrected chi connectivity index (χ2v) is 17.7. The Hall–Kier alpha value is -0.913. The van der Waals surface area contributed by atoms with Gasteiger partial charge in [0, 0.05) is 0 Å². The van der Waals surface area contributed by atoms with Crippen molar-refractivity contribution < 1.29 is 24.1 Å². The molecular formula is C16H18F3IO3SSi. The van der Waals surface area contributed by atoms with E-state index in [1.54, 1.807) is 42.5 Å². The maximum absolute atomic E-state index is 12.9. The Balaban J connectivity index is 2.63. The zero-order valence-electron chi connectivity index (χ0n) is 13.8. The van der Waals surface area contributed by atoms with Crippen LogP contribution in [0.2, 0.25) is 19.6 Å². The van der Waals surface area contributed by atoms with Gasteiger partial charge in [0.05, 0.1) is 0 Å². The monoisotopic (exact) mass is 502 g/mol. The van der Waals surface area contributed by atoms with Crippen molar-refractivity contribution in [1.29, 1.82) is 0 Å². The molecule has 0 atom stereocenters. The first-order valence-electron chi connectivity index (χ1n) is 7.29. The topological polar surface area (TPSA) is 43.4 Å². The van der Waals surface area contributed by atoms with E-state index in [0.29, 0.717) is 7.14 Å². The van der Waals surface area contributed by atoms with Gasteiger partial charge in [-0.25, -0.2) is 0 Å². The van der Waals surface area contributed by atoms with E-state index in [2.05, 4.69) is 19.6 Å². The van der Waals surface area contributed by atoms with Gasteiger partial charge < -0.3 is 0 Å². The van der Waals surface area contributed by atoms with Gasteiger partial charge in [-0.15, -0.1) is 0 Å². The number of hydrogen-bond acceptors (Lipinski definition) is 3.